The van der Waals surface area contributed by atoms with Crippen LogP contribution in [-0.4, -0.2) is 56.2 Å². The largest absolute Gasteiger partial charge is 0.311 e. The van der Waals surface area contributed by atoms with Crippen molar-refractivity contribution in [2.75, 3.05) is 37.9 Å². The molecule has 0 radical (unpaired) electrons. The summed E-state index contributed by atoms with van der Waals surface area (Å²) in [7, 11) is -3.40. The van der Waals surface area contributed by atoms with Crippen molar-refractivity contribution in [3.63, 3.8) is 0 Å². The van der Waals surface area contributed by atoms with E-state index in [-0.39, 0.29) is 4.65 Å². The summed E-state index contributed by atoms with van der Waals surface area (Å²) in [4.78, 5) is 0. The van der Waals surface area contributed by atoms with Gasteiger partial charge in [-0.05, 0) is 6.26 Å². The molecule has 0 amide bonds. The molecule has 1 heterocycles. The summed E-state index contributed by atoms with van der Waals surface area (Å²) in [6.45, 7) is 2.18. The molecule has 0 bridgehead atoms. The lowest BCUT2D eigenvalue weighted by atomic mass is 10.1. The van der Waals surface area contributed by atoms with E-state index in [1.54, 1.807) is 0 Å². The summed E-state index contributed by atoms with van der Waals surface area (Å²) in [5.74, 6) is 0.638. The zero-order valence-corrected chi connectivity index (χ0v) is 12.3. The predicted molar refractivity (Wildman–Crippen MR) is 71.2 cm³/mol. The van der Waals surface area contributed by atoms with Gasteiger partial charge in [-0.15, -0.1) is 0 Å². The van der Waals surface area contributed by atoms with Crippen LogP contribution in [0.5, 0.6) is 0 Å². The van der Waals surface area contributed by atoms with Crippen molar-refractivity contribution in [3.05, 3.63) is 0 Å². The monoisotopic (exact) mass is 286 g/mol. The van der Waals surface area contributed by atoms with Gasteiger partial charge in [0.2, 0.25) is 0 Å². The molecule has 1 saturated heterocycles. The molecule has 0 aromatic rings. The van der Waals surface area contributed by atoms with Crippen molar-refractivity contribution in [1.29, 1.82) is 0 Å². The van der Waals surface area contributed by atoms with Gasteiger partial charge in [0.25, 0.3) is 0 Å². The number of hydrogen-bond donors (Lipinski definition) is 1. The molecule has 0 aromatic heterocycles. The van der Waals surface area contributed by atoms with E-state index in [4.69, 9.17) is 4.28 Å². The Kier molecular flexibility index (Phi) is 5.44. The molecule has 0 atom stereocenters. The van der Waals surface area contributed by atoms with Crippen LogP contribution >= 0.6 is 24.4 Å². The Morgan fingerprint density at radius 1 is 1.44 bits per heavy atom. The van der Waals surface area contributed by atoms with Crippen LogP contribution in [0.2, 0.25) is 0 Å². The van der Waals surface area contributed by atoms with Gasteiger partial charge in [0.15, 0.2) is 0 Å². The molecule has 1 rings (SSSR count). The molecule has 1 aliphatic heterocycles. The Morgan fingerprint density at radius 2 is 2.00 bits per heavy atom. The van der Waals surface area contributed by atoms with Gasteiger partial charge in [-0.3, -0.25) is 0 Å². The minimum atomic E-state index is -3.40. The zero-order chi connectivity index (χ0) is 12.2. The van der Waals surface area contributed by atoms with E-state index in [1.807, 2.05) is 11.8 Å². The van der Waals surface area contributed by atoms with Crippen molar-refractivity contribution in [3.8, 4) is 0 Å². The van der Waals surface area contributed by atoms with E-state index in [0.29, 0.717) is 17.5 Å². The van der Waals surface area contributed by atoms with Crippen LogP contribution in [0.1, 0.15) is 12.8 Å². The number of hydrogen-bond acceptors (Lipinski definition) is 5. The van der Waals surface area contributed by atoms with Gasteiger partial charge >= 0.3 is 10.1 Å². The van der Waals surface area contributed by atoms with Crippen molar-refractivity contribution in [2.45, 2.75) is 18.1 Å². The van der Waals surface area contributed by atoms with Crippen molar-refractivity contribution < 1.29 is 17.3 Å². The van der Waals surface area contributed by atoms with E-state index in [1.165, 1.54) is 0 Å². The molecule has 0 N–H and O–H groups in total. The maximum atomic E-state index is 11.3. The van der Waals surface area contributed by atoms with Gasteiger partial charge in [0, 0.05) is 23.8 Å². The van der Waals surface area contributed by atoms with E-state index in [2.05, 4.69) is 18.9 Å². The number of likely N-dealkylation sites (tertiary alicyclic amines) is 1. The van der Waals surface area contributed by atoms with Crippen LogP contribution in [0.25, 0.3) is 0 Å². The molecule has 0 aromatic carbocycles. The van der Waals surface area contributed by atoms with Crippen molar-refractivity contribution in [2.24, 2.45) is 0 Å². The number of nitrogens with zero attached hydrogens (tertiary/aromatic N) is 1. The minimum absolute atomic E-state index is 0.222. The topological polar surface area (TPSA) is 43.4 Å². The summed E-state index contributed by atoms with van der Waals surface area (Å²) in [5, 5.41) is 0.634. The smallest absolute Gasteiger partial charge is 0.195 e. The summed E-state index contributed by atoms with van der Waals surface area (Å²) >= 11 is 6.03. The molecule has 16 heavy (non-hydrogen) atoms. The second-order valence-electron chi connectivity index (χ2n) is 4.17. The first-order valence-electron chi connectivity index (χ1n) is 5.32. The van der Waals surface area contributed by atoms with Crippen molar-refractivity contribution in [1.82, 2.24) is 0 Å². The summed E-state index contributed by atoms with van der Waals surface area (Å²) < 4.78 is 28.0. The highest BCUT2D eigenvalue weighted by Gasteiger charge is 2.38. The van der Waals surface area contributed by atoms with Gasteiger partial charge in [-0.1, -0.05) is 4.28 Å². The van der Waals surface area contributed by atoms with Gasteiger partial charge in [0.05, 0.1) is 6.26 Å². The predicted octanol–water partition coefficient (Wildman–Crippen LogP) is 1.15. The van der Waals surface area contributed by atoms with Crippen LogP contribution < -0.4 is 0 Å². The Bertz CT molecular complexity index is 310. The second kappa shape index (κ2) is 5.95. The first kappa shape index (κ1) is 14.6. The molecule has 4 nitrogen and oxygen atoms in total. The lowest BCUT2D eigenvalue weighted by molar-refractivity contribution is -1.08. The summed E-state index contributed by atoms with van der Waals surface area (Å²) in [5.41, 5.74) is 0. The number of quaternary nitrogens is 1. The van der Waals surface area contributed by atoms with Crippen LogP contribution in [0.15, 0.2) is 0 Å². The fourth-order valence-corrected chi connectivity index (χ4v) is 3.90. The van der Waals surface area contributed by atoms with Crippen LogP contribution in [0, 0.1) is 0 Å². The number of thioether (sulfide) groups is 1. The third-order valence-electron chi connectivity index (χ3n) is 2.85. The molecular weight excluding hydrogens is 266 g/mol. The lowest BCUT2D eigenvalue weighted by Gasteiger charge is -2.38. The lowest BCUT2D eigenvalue weighted by Crippen LogP contribution is -2.55. The highest BCUT2D eigenvalue weighted by atomic mass is 32.2. The molecule has 0 spiro atoms. The molecular formula is C9H20NO3S3+. The standard InChI is InChI=1S/C9H19NO3S3/c1-15-9-3-5-10(6-4-9,7-8-14)13-16(2,11)12/h9H,3-8H2,1-2H3/p+1. The highest BCUT2D eigenvalue weighted by molar-refractivity contribution is 7.99. The van der Waals surface area contributed by atoms with E-state index >= 15 is 0 Å². The van der Waals surface area contributed by atoms with Crippen LogP contribution in [0.3, 0.4) is 0 Å². The van der Waals surface area contributed by atoms with Gasteiger partial charge < -0.3 is 0 Å². The summed E-state index contributed by atoms with van der Waals surface area (Å²) in [6.07, 6.45) is 5.22. The Labute approximate surface area is 108 Å². The van der Waals surface area contributed by atoms with Crippen molar-refractivity contribution >= 4 is 34.5 Å². The second-order valence-corrected chi connectivity index (χ2v) is 7.31. The van der Waals surface area contributed by atoms with Gasteiger partial charge in [0.1, 0.15) is 19.6 Å². The maximum absolute atomic E-state index is 11.3. The Balaban J connectivity index is 2.68. The minimum Gasteiger partial charge on any atom is -0.195 e. The SMILES string of the molecule is CSC1CC[N+](CCS)(OS(C)(=O)=O)CC1. The molecule has 0 aliphatic carbocycles. The molecule has 0 unspecified atom stereocenters. The summed E-state index contributed by atoms with van der Waals surface area (Å²) in [6, 6.07) is 0. The number of piperidine rings is 1. The quantitative estimate of drug-likeness (QED) is 0.608. The first-order chi connectivity index (χ1) is 7.41. The number of rotatable bonds is 5. The third kappa shape index (κ3) is 4.44. The van der Waals surface area contributed by atoms with Gasteiger partial charge in [-0.2, -0.15) is 37.5 Å². The van der Waals surface area contributed by atoms with Crippen LogP contribution in [0.4, 0.5) is 0 Å². The molecule has 1 fully saturated rings. The van der Waals surface area contributed by atoms with E-state index in [9.17, 15) is 8.42 Å². The number of hydroxylamine groups is 3. The molecule has 1 aliphatic rings. The Morgan fingerprint density at radius 3 is 2.38 bits per heavy atom. The highest BCUT2D eigenvalue weighted by Crippen LogP contribution is 2.27. The fourth-order valence-electron chi connectivity index (χ4n) is 2.06. The Hall–Kier alpha value is 0.570. The number of thiol groups is 1. The van der Waals surface area contributed by atoms with E-state index < -0.39 is 10.1 Å². The molecule has 7 heteroatoms. The normalized spacial score (nSPS) is 31.6. The van der Waals surface area contributed by atoms with Crippen LogP contribution in [-0.2, 0) is 14.4 Å². The molecule has 96 valence electrons. The third-order valence-corrected chi connectivity index (χ3v) is 4.78. The molecule has 0 saturated carbocycles. The average molecular weight is 286 g/mol. The first-order valence-corrected chi connectivity index (χ1v) is 9.05. The zero-order valence-electron chi connectivity index (χ0n) is 9.76. The van der Waals surface area contributed by atoms with Gasteiger partial charge in [-0.25, -0.2) is 0 Å². The maximum Gasteiger partial charge on any atom is 0.311 e. The average Bonchev–Trinajstić information content (AvgIpc) is 2.16. The fraction of sp³-hybridized carbons (Fsp3) is 1.00. The van der Waals surface area contributed by atoms with E-state index in [0.717, 1.165) is 32.2 Å².